The molecule has 2 atom stereocenters. The van der Waals surface area contributed by atoms with Crippen molar-refractivity contribution in [1.29, 1.82) is 0 Å². The first-order valence-electron chi connectivity index (χ1n) is 6.35. The molecule has 1 fully saturated rings. The van der Waals surface area contributed by atoms with Crippen molar-refractivity contribution < 1.29 is 4.79 Å². The van der Waals surface area contributed by atoms with Crippen LogP contribution < -0.4 is 5.73 Å². The third-order valence-corrected chi connectivity index (χ3v) is 3.61. The fourth-order valence-electron chi connectivity index (χ4n) is 2.59. The first-order chi connectivity index (χ1) is 9.25. The van der Waals surface area contributed by atoms with Crippen molar-refractivity contribution in [3.8, 4) is 0 Å². The number of aromatic nitrogens is 2. The predicted molar refractivity (Wildman–Crippen MR) is 78.9 cm³/mol. The highest BCUT2D eigenvalue weighted by Crippen LogP contribution is 2.27. The summed E-state index contributed by atoms with van der Waals surface area (Å²) in [5, 5.41) is 6.51. The molecule has 3 rings (SSSR count). The van der Waals surface area contributed by atoms with E-state index < -0.39 is 0 Å². The number of nitrogens with two attached hydrogens (primary N) is 1. The molecule has 0 radical (unpaired) electrons. The maximum Gasteiger partial charge on any atom is 0.271 e. The zero-order valence-corrected chi connectivity index (χ0v) is 11.7. The highest BCUT2D eigenvalue weighted by molar-refractivity contribution is 5.92. The van der Waals surface area contributed by atoms with Gasteiger partial charge in [0.2, 0.25) is 0 Å². The maximum atomic E-state index is 12.2. The van der Waals surface area contributed by atoms with Gasteiger partial charge < -0.3 is 10.6 Å². The summed E-state index contributed by atoms with van der Waals surface area (Å²) in [6, 6.07) is 11.8. The lowest BCUT2D eigenvalue weighted by molar-refractivity contribution is 0.0783. The number of amides is 1. The minimum absolute atomic E-state index is 0. The van der Waals surface area contributed by atoms with Crippen LogP contribution in [0.3, 0.4) is 0 Å². The Morgan fingerprint density at radius 3 is 2.65 bits per heavy atom. The van der Waals surface area contributed by atoms with Crippen LogP contribution in [-0.2, 0) is 0 Å². The number of nitrogens with zero attached hydrogens (tertiary/aromatic N) is 2. The Morgan fingerprint density at radius 1 is 1.25 bits per heavy atom. The average molecular weight is 293 g/mol. The monoisotopic (exact) mass is 292 g/mol. The lowest BCUT2D eigenvalue weighted by atomic mass is 9.95. The Labute approximate surface area is 123 Å². The zero-order valence-electron chi connectivity index (χ0n) is 10.9. The van der Waals surface area contributed by atoms with Crippen LogP contribution in [0.15, 0.2) is 42.6 Å². The van der Waals surface area contributed by atoms with Crippen LogP contribution in [0, 0.1) is 0 Å². The molecule has 106 valence electrons. The second-order valence-corrected chi connectivity index (χ2v) is 4.86. The molecule has 2 heterocycles. The van der Waals surface area contributed by atoms with Crippen LogP contribution in [-0.4, -0.2) is 40.1 Å². The fraction of sp³-hybridized carbons (Fsp3) is 0.286. The minimum atomic E-state index is -0.0358. The quantitative estimate of drug-likeness (QED) is 0.878. The van der Waals surface area contributed by atoms with Crippen LogP contribution >= 0.6 is 12.4 Å². The number of aromatic amines is 1. The lowest BCUT2D eigenvalue weighted by Gasteiger charge is -2.15. The molecule has 5 nitrogen and oxygen atoms in total. The maximum absolute atomic E-state index is 12.2. The highest BCUT2D eigenvalue weighted by atomic mass is 35.5. The Kier molecular flexibility index (Phi) is 4.42. The van der Waals surface area contributed by atoms with Crippen molar-refractivity contribution in [3.63, 3.8) is 0 Å². The molecule has 1 saturated heterocycles. The van der Waals surface area contributed by atoms with Crippen molar-refractivity contribution in [2.45, 2.75) is 12.0 Å². The average Bonchev–Trinajstić information content (AvgIpc) is 3.08. The van der Waals surface area contributed by atoms with Crippen molar-refractivity contribution >= 4 is 18.3 Å². The lowest BCUT2D eigenvalue weighted by Crippen LogP contribution is -2.32. The molecule has 0 bridgehead atoms. The van der Waals surface area contributed by atoms with Gasteiger partial charge in [0.1, 0.15) is 5.69 Å². The van der Waals surface area contributed by atoms with Crippen LogP contribution in [0.1, 0.15) is 22.0 Å². The normalized spacial score (nSPS) is 21.6. The molecule has 0 unspecified atom stereocenters. The smallest absolute Gasteiger partial charge is 0.271 e. The highest BCUT2D eigenvalue weighted by Gasteiger charge is 2.34. The van der Waals surface area contributed by atoms with Crippen LogP contribution in [0.5, 0.6) is 0 Å². The van der Waals surface area contributed by atoms with Gasteiger partial charge in [-0.25, -0.2) is 0 Å². The van der Waals surface area contributed by atoms with E-state index in [0.29, 0.717) is 18.8 Å². The number of likely N-dealkylation sites (tertiary alicyclic amines) is 1. The van der Waals surface area contributed by atoms with E-state index in [4.69, 9.17) is 5.73 Å². The van der Waals surface area contributed by atoms with E-state index in [1.165, 1.54) is 5.56 Å². The second kappa shape index (κ2) is 6.07. The van der Waals surface area contributed by atoms with Gasteiger partial charge in [0.15, 0.2) is 0 Å². The Morgan fingerprint density at radius 2 is 2.00 bits per heavy atom. The molecule has 0 spiro atoms. The summed E-state index contributed by atoms with van der Waals surface area (Å²) in [5.74, 6) is 0.166. The van der Waals surface area contributed by atoms with Gasteiger partial charge >= 0.3 is 0 Å². The van der Waals surface area contributed by atoms with E-state index in [-0.39, 0.29) is 30.3 Å². The number of carbonyl (C=O) groups is 1. The number of carbonyl (C=O) groups excluding carboxylic acids is 1. The van der Waals surface area contributed by atoms with Gasteiger partial charge in [0, 0.05) is 31.2 Å². The number of halogens is 1. The first-order valence-corrected chi connectivity index (χ1v) is 6.35. The number of benzene rings is 1. The van der Waals surface area contributed by atoms with E-state index in [2.05, 4.69) is 22.3 Å². The molecule has 1 aliphatic heterocycles. The third-order valence-electron chi connectivity index (χ3n) is 3.61. The number of hydrogen-bond acceptors (Lipinski definition) is 3. The van der Waals surface area contributed by atoms with Crippen molar-refractivity contribution in [3.05, 3.63) is 53.9 Å². The van der Waals surface area contributed by atoms with Crippen molar-refractivity contribution in [2.24, 2.45) is 5.73 Å². The number of H-pyrrole nitrogens is 1. The van der Waals surface area contributed by atoms with Crippen LogP contribution in [0.4, 0.5) is 0 Å². The molecule has 0 saturated carbocycles. The summed E-state index contributed by atoms with van der Waals surface area (Å²) in [6.45, 7) is 1.24. The number of rotatable bonds is 2. The molecule has 6 heteroatoms. The molecule has 1 aliphatic rings. The third kappa shape index (κ3) is 2.69. The molecule has 1 aromatic carbocycles. The van der Waals surface area contributed by atoms with Gasteiger partial charge in [-0.05, 0) is 11.6 Å². The predicted octanol–water partition coefficient (Wildman–Crippen LogP) is 1.40. The Hall–Kier alpha value is -1.85. The molecule has 1 amide bonds. The minimum Gasteiger partial charge on any atom is -0.335 e. The summed E-state index contributed by atoms with van der Waals surface area (Å²) in [7, 11) is 0. The van der Waals surface area contributed by atoms with E-state index in [1.807, 2.05) is 18.2 Å². The van der Waals surface area contributed by atoms with E-state index in [1.54, 1.807) is 17.2 Å². The van der Waals surface area contributed by atoms with Crippen LogP contribution in [0.25, 0.3) is 0 Å². The number of hydrogen-bond donors (Lipinski definition) is 2. The molecule has 20 heavy (non-hydrogen) atoms. The van der Waals surface area contributed by atoms with Gasteiger partial charge in [-0.2, -0.15) is 5.10 Å². The molecule has 3 N–H and O–H groups in total. The van der Waals surface area contributed by atoms with Gasteiger partial charge in [0.05, 0.1) is 0 Å². The van der Waals surface area contributed by atoms with E-state index in [0.717, 1.165) is 0 Å². The van der Waals surface area contributed by atoms with E-state index >= 15 is 0 Å². The molecular weight excluding hydrogens is 276 g/mol. The van der Waals surface area contributed by atoms with Crippen LogP contribution in [0.2, 0.25) is 0 Å². The van der Waals surface area contributed by atoms with Crippen molar-refractivity contribution in [2.75, 3.05) is 13.1 Å². The first kappa shape index (κ1) is 14.6. The second-order valence-electron chi connectivity index (χ2n) is 4.86. The zero-order chi connectivity index (χ0) is 13.2. The van der Waals surface area contributed by atoms with Gasteiger partial charge in [-0.1, -0.05) is 30.3 Å². The summed E-state index contributed by atoms with van der Waals surface area (Å²) in [5.41, 5.74) is 7.88. The van der Waals surface area contributed by atoms with Gasteiger partial charge in [-0.15, -0.1) is 12.4 Å². The largest absolute Gasteiger partial charge is 0.335 e. The number of nitrogens with one attached hydrogen (secondary N) is 1. The Balaban J connectivity index is 0.00000147. The summed E-state index contributed by atoms with van der Waals surface area (Å²) < 4.78 is 0. The summed E-state index contributed by atoms with van der Waals surface area (Å²) in [4.78, 5) is 14.0. The molecular formula is C14H17ClN4O. The fourth-order valence-corrected chi connectivity index (χ4v) is 2.59. The SMILES string of the molecule is Cl.N[C@@H]1CN(C(=O)c2ccn[nH]2)C[C@H]1c1ccccc1. The molecule has 1 aromatic heterocycles. The van der Waals surface area contributed by atoms with Crippen molar-refractivity contribution in [1.82, 2.24) is 15.1 Å². The Bertz CT molecular complexity index is 558. The summed E-state index contributed by atoms with van der Waals surface area (Å²) >= 11 is 0. The van der Waals surface area contributed by atoms with E-state index in [9.17, 15) is 4.79 Å². The summed E-state index contributed by atoms with van der Waals surface area (Å²) in [6.07, 6.45) is 1.58. The topological polar surface area (TPSA) is 75.0 Å². The molecule has 2 aromatic rings. The standard InChI is InChI=1S/C14H16N4O.ClH/c15-12-9-18(14(19)13-6-7-16-17-13)8-11(12)10-4-2-1-3-5-10;/h1-7,11-12H,8-9,15H2,(H,16,17);1H/t11-,12+;/m0./s1. The molecule has 0 aliphatic carbocycles. The van der Waals surface area contributed by atoms with Gasteiger partial charge in [0.25, 0.3) is 5.91 Å². The van der Waals surface area contributed by atoms with Gasteiger partial charge in [-0.3, -0.25) is 9.89 Å².